The number of aliphatic carboxylic acids is 1. The van der Waals surface area contributed by atoms with Crippen LogP contribution in [-0.4, -0.2) is 41.0 Å². The van der Waals surface area contributed by atoms with Crippen LogP contribution in [0.2, 0.25) is 0 Å². The number of nitrogens with one attached hydrogen (secondary N) is 1. The number of hydrogen-bond acceptors (Lipinski definition) is 3. The zero-order valence-corrected chi connectivity index (χ0v) is 13.0. The van der Waals surface area contributed by atoms with Crippen LogP contribution in [-0.2, 0) is 9.59 Å². The maximum atomic E-state index is 11.9. The summed E-state index contributed by atoms with van der Waals surface area (Å²) in [6.45, 7) is 8.71. The van der Waals surface area contributed by atoms with Crippen molar-refractivity contribution in [3.05, 3.63) is 11.1 Å². The van der Waals surface area contributed by atoms with Crippen molar-refractivity contribution in [3.63, 3.8) is 0 Å². The molecule has 6 heteroatoms. The van der Waals surface area contributed by atoms with E-state index >= 15 is 0 Å². The lowest BCUT2D eigenvalue weighted by Crippen LogP contribution is -2.45. The van der Waals surface area contributed by atoms with Gasteiger partial charge in [0.05, 0.1) is 0 Å². The summed E-state index contributed by atoms with van der Waals surface area (Å²) >= 11 is 0. The third-order valence-electron chi connectivity index (χ3n) is 3.24. The van der Waals surface area contributed by atoms with E-state index in [0.717, 1.165) is 6.42 Å². The van der Waals surface area contributed by atoms with Crippen LogP contribution in [0.1, 0.15) is 41.0 Å². The van der Waals surface area contributed by atoms with Crippen molar-refractivity contribution in [1.82, 2.24) is 10.2 Å². The highest BCUT2D eigenvalue weighted by Crippen LogP contribution is 2.10. The van der Waals surface area contributed by atoms with Gasteiger partial charge in [-0.25, -0.2) is 9.59 Å². The molecule has 0 aromatic carbocycles. The Labute approximate surface area is 119 Å². The highest BCUT2D eigenvalue weighted by Gasteiger charge is 2.20. The highest BCUT2D eigenvalue weighted by molar-refractivity contribution is 6.07. The van der Waals surface area contributed by atoms with Crippen molar-refractivity contribution in [2.45, 2.75) is 47.1 Å². The number of nitrogens with zero attached hydrogens (tertiary/aromatic N) is 1. The number of carboxylic acids is 1. The molecule has 0 heterocycles. The van der Waals surface area contributed by atoms with E-state index in [0.29, 0.717) is 5.92 Å². The molecule has 0 saturated carbocycles. The Balaban J connectivity index is 4.73. The zero-order chi connectivity index (χ0) is 16.0. The summed E-state index contributed by atoms with van der Waals surface area (Å²) in [5.74, 6) is -1.42. The molecule has 0 aromatic heterocycles. The van der Waals surface area contributed by atoms with E-state index in [1.807, 2.05) is 6.92 Å². The average molecular weight is 284 g/mol. The van der Waals surface area contributed by atoms with Gasteiger partial charge < -0.3 is 10.0 Å². The highest BCUT2D eigenvalue weighted by atomic mass is 16.4. The molecule has 114 valence electrons. The molecule has 6 nitrogen and oxygen atoms in total. The lowest BCUT2D eigenvalue weighted by Gasteiger charge is -2.26. The van der Waals surface area contributed by atoms with E-state index < -0.39 is 17.9 Å². The van der Waals surface area contributed by atoms with Crippen LogP contribution >= 0.6 is 0 Å². The lowest BCUT2D eigenvalue weighted by molar-refractivity contribution is -0.133. The van der Waals surface area contributed by atoms with Crippen LogP contribution in [0.15, 0.2) is 11.1 Å². The SMILES string of the molecule is CC(C(=O)O)=C(C)C(=O)NC(=O)N(C)C(C)CC(C)C. The molecule has 20 heavy (non-hydrogen) atoms. The van der Waals surface area contributed by atoms with Crippen molar-refractivity contribution in [2.24, 2.45) is 5.92 Å². The van der Waals surface area contributed by atoms with E-state index in [1.54, 1.807) is 7.05 Å². The Morgan fingerprint density at radius 2 is 1.60 bits per heavy atom. The fourth-order valence-corrected chi connectivity index (χ4v) is 1.65. The minimum absolute atomic E-state index is 0.00680. The fraction of sp³-hybridized carbons (Fsp3) is 0.643. The van der Waals surface area contributed by atoms with Gasteiger partial charge in [0.2, 0.25) is 0 Å². The van der Waals surface area contributed by atoms with E-state index in [2.05, 4.69) is 19.2 Å². The molecule has 0 saturated heterocycles. The molecule has 0 radical (unpaired) electrons. The van der Waals surface area contributed by atoms with E-state index in [1.165, 1.54) is 18.7 Å². The zero-order valence-electron chi connectivity index (χ0n) is 13.0. The number of rotatable bonds is 5. The molecule has 1 unspecified atom stereocenters. The Bertz CT molecular complexity index is 427. The predicted molar refractivity (Wildman–Crippen MR) is 76.2 cm³/mol. The van der Waals surface area contributed by atoms with Gasteiger partial charge in [-0.2, -0.15) is 0 Å². The minimum Gasteiger partial charge on any atom is -0.478 e. The van der Waals surface area contributed by atoms with Crippen LogP contribution in [0, 0.1) is 5.92 Å². The third-order valence-corrected chi connectivity index (χ3v) is 3.24. The van der Waals surface area contributed by atoms with E-state index in [9.17, 15) is 14.4 Å². The maximum Gasteiger partial charge on any atom is 0.331 e. The molecule has 0 aliphatic carbocycles. The van der Waals surface area contributed by atoms with Crippen molar-refractivity contribution in [3.8, 4) is 0 Å². The van der Waals surface area contributed by atoms with Crippen LogP contribution in [0.4, 0.5) is 4.79 Å². The van der Waals surface area contributed by atoms with E-state index in [-0.39, 0.29) is 17.2 Å². The van der Waals surface area contributed by atoms with Crippen LogP contribution in [0.3, 0.4) is 0 Å². The van der Waals surface area contributed by atoms with Gasteiger partial charge in [0, 0.05) is 24.2 Å². The van der Waals surface area contributed by atoms with Gasteiger partial charge in [0.15, 0.2) is 0 Å². The molecule has 0 rings (SSSR count). The number of carbonyl (C=O) groups is 3. The molecule has 0 aromatic rings. The topological polar surface area (TPSA) is 86.7 Å². The number of carboxylic acid groups (broad SMARTS) is 1. The average Bonchev–Trinajstić information content (AvgIpc) is 2.34. The summed E-state index contributed by atoms with van der Waals surface area (Å²) in [6, 6.07) is -0.534. The van der Waals surface area contributed by atoms with Gasteiger partial charge in [-0.05, 0) is 33.1 Å². The number of carbonyl (C=O) groups excluding carboxylic acids is 2. The molecule has 1 atom stereocenters. The molecule has 3 amide bonds. The first-order chi connectivity index (χ1) is 9.07. The molecule has 0 spiro atoms. The van der Waals surface area contributed by atoms with Crippen molar-refractivity contribution in [1.29, 1.82) is 0 Å². The standard InChI is InChI=1S/C14H24N2O4/c1-8(2)7-9(3)16(6)14(20)15-12(17)10(4)11(5)13(18)19/h8-9H,7H2,1-6H3,(H,18,19)(H,15,17,20). The largest absolute Gasteiger partial charge is 0.478 e. The van der Waals surface area contributed by atoms with Crippen LogP contribution < -0.4 is 5.32 Å². The number of amides is 3. The predicted octanol–water partition coefficient (Wildman–Crippen LogP) is 2.01. The Morgan fingerprint density at radius 3 is 2.00 bits per heavy atom. The summed E-state index contributed by atoms with van der Waals surface area (Å²) in [5, 5.41) is 11.0. The molecule has 2 N–H and O–H groups in total. The van der Waals surface area contributed by atoms with E-state index in [4.69, 9.17) is 5.11 Å². The lowest BCUT2D eigenvalue weighted by atomic mass is 10.0. The van der Waals surface area contributed by atoms with Crippen LogP contribution in [0.5, 0.6) is 0 Å². The second kappa shape index (κ2) is 7.67. The van der Waals surface area contributed by atoms with Gasteiger partial charge in [-0.3, -0.25) is 10.1 Å². The Kier molecular flexibility index (Phi) is 6.96. The minimum atomic E-state index is -1.17. The third kappa shape index (κ3) is 5.42. The molecule has 0 bridgehead atoms. The fourth-order valence-electron chi connectivity index (χ4n) is 1.65. The summed E-state index contributed by atoms with van der Waals surface area (Å²) < 4.78 is 0. The first kappa shape index (κ1) is 18.1. The summed E-state index contributed by atoms with van der Waals surface area (Å²) in [7, 11) is 1.61. The number of urea groups is 1. The van der Waals surface area contributed by atoms with Gasteiger partial charge >= 0.3 is 12.0 Å². The van der Waals surface area contributed by atoms with Crippen molar-refractivity contribution in [2.75, 3.05) is 7.05 Å². The molecular formula is C14H24N2O4. The van der Waals surface area contributed by atoms with Gasteiger partial charge in [-0.15, -0.1) is 0 Å². The monoisotopic (exact) mass is 284 g/mol. The first-order valence-electron chi connectivity index (χ1n) is 6.56. The normalized spacial score (nSPS) is 13.6. The molecular weight excluding hydrogens is 260 g/mol. The van der Waals surface area contributed by atoms with Gasteiger partial charge in [0.25, 0.3) is 5.91 Å². The quantitative estimate of drug-likeness (QED) is 0.756. The summed E-state index contributed by atoms with van der Waals surface area (Å²) in [4.78, 5) is 35.9. The van der Waals surface area contributed by atoms with Crippen LogP contribution in [0.25, 0.3) is 0 Å². The Morgan fingerprint density at radius 1 is 1.10 bits per heavy atom. The maximum absolute atomic E-state index is 11.9. The second-order valence-electron chi connectivity index (χ2n) is 5.40. The molecule has 0 aliphatic heterocycles. The summed E-state index contributed by atoms with van der Waals surface area (Å²) in [5.41, 5.74) is -0.0519. The van der Waals surface area contributed by atoms with Crippen molar-refractivity contribution < 1.29 is 19.5 Å². The molecule has 0 fully saturated rings. The van der Waals surface area contributed by atoms with Gasteiger partial charge in [0.1, 0.15) is 0 Å². The summed E-state index contributed by atoms with van der Waals surface area (Å²) in [6.07, 6.45) is 0.821. The number of hydrogen-bond donors (Lipinski definition) is 2. The van der Waals surface area contributed by atoms with Gasteiger partial charge in [-0.1, -0.05) is 13.8 Å². The van der Waals surface area contributed by atoms with Crippen molar-refractivity contribution >= 4 is 17.9 Å². The second-order valence-corrected chi connectivity index (χ2v) is 5.40. The molecule has 0 aliphatic rings. The first-order valence-corrected chi connectivity index (χ1v) is 6.56. The number of imide groups is 1. The smallest absolute Gasteiger partial charge is 0.331 e. The Hall–Kier alpha value is -1.85.